The normalized spacial score (nSPS) is 7.91. The zero-order valence-electron chi connectivity index (χ0n) is 7.43. The third-order valence-corrected chi connectivity index (χ3v) is 0.954. The minimum Gasteiger partial charge on any atom is -0.309 e. The lowest BCUT2D eigenvalue weighted by atomic mass is 10.4. The molecule has 0 aliphatic carbocycles. The van der Waals surface area contributed by atoms with Crippen molar-refractivity contribution in [1.82, 2.24) is 4.90 Å². The second-order valence-electron chi connectivity index (χ2n) is 2.15. The highest BCUT2D eigenvalue weighted by Crippen LogP contribution is 1.82. The molecule has 3 heteroatoms. The standard InChI is InChI=1S/C6H13N3.C2H4/c1-9(2)5-3-4-8-6-7;1-2/h7H,3-5H2,1-2H3;1-2H2. The lowest BCUT2D eigenvalue weighted by Crippen LogP contribution is -2.13. The first-order valence-electron chi connectivity index (χ1n) is 3.50. The van der Waals surface area contributed by atoms with E-state index in [9.17, 15) is 0 Å². The maximum Gasteiger partial charge on any atom is 0.0861 e. The minimum absolute atomic E-state index is 0.724. The van der Waals surface area contributed by atoms with Gasteiger partial charge < -0.3 is 4.90 Å². The van der Waals surface area contributed by atoms with Gasteiger partial charge in [-0.05, 0) is 27.1 Å². The Morgan fingerprint density at radius 2 is 2.00 bits per heavy atom. The van der Waals surface area contributed by atoms with Crippen molar-refractivity contribution in [3.05, 3.63) is 13.2 Å². The van der Waals surface area contributed by atoms with E-state index in [1.54, 1.807) is 0 Å². The van der Waals surface area contributed by atoms with E-state index >= 15 is 0 Å². The van der Waals surface area contributed by atoms with E-state index in [2.05, 4.69) is 23.1 Å². The lowest BCUT2D eigenvalue weighted by molar-refractivity contribution is 0.403. The van der Waals surface area contributed by atoms with E-state index in [-0.39, 0.29) is 0 Å². The fraction of sp³-hybridized carbons (Fsp3) is 0.625. The quantitative estimate of drug-likeness (QED) is 0.373. The van der Waals surface area contributed by atoms with Crippen molar-refractivity contribution in [2.75, 3.05) is 27.2 Å². The number of rotatable bonds is 4. The Bertz CT molecular complexity index is 115. The van der Waals surface area contributed by atoms with Gasteiger partial charge in [0, 0.05) is 0 Å². The van der Waals surface area contributed by atoms with E-state index in [4.69, 9.17) is 5.41 Å². The number of aliphatic imine (C=N–C) groups is 1. The summed E-state index contributed by atoms with van der Waals surface area (Å²) in [7, 11) is 4.04. The summed E-state index contributed by atoms with van der Waals surface area (Å²) >= 11 is 0. The van der Waals surface area contributed by atoms with Crippen LogP contribution in [0.2, 0.25) is 0 Å². The summed E-state index contributed by atoms with van der Waals surface area (Å²) in [6.45, 7) is 7.76. The highest BCUT2D eigenvalue weighted by atomic mass is 15.0. The van der Waals surface area contributed by atoms with Crippen LogP contribution in [-0.2, 0) is 0 Å². The van der Waals surface area contributed by atoms with Crippen LogP contribution in [0.25, 0.3) is 0 Å². The SMILES string of the molecule is C=C.CN(C)CCCN=C=N. The molecule has 0 spiro atoms. The second kappa shape index (κ2) is 11.8. The summed E-state index contributed by atoms with van der Waals surface area (Å²) in [5.74, 6) is 0. The number of nitrogens with zero attached hydrogens (tertiary/aromatic N) is 2. The van der Waals surface area contributed by atoms with Gasteiger partial charge in [0.1, 0.15) is 0 Å². The van der Waals surface area contributed by atoms with Crippen molar-refractivity contribution in [3.8, 4) is 0 Å². The Morgan fingerprint density at radius 3 is 2.36 bits per heavy atom. The molecule has 0 saturated carbocycles. The van der Waals surface area contributed by atoms with E-state index in [1.165, 1.54) is 0 Å². The number of hydrogen-bond donors (Lipinski definition) is 1. The van der Waals surface area contributed by atoms with Crippen molar-refractivity contribution in [2.45, 2.75) is 6.42 Å². The van der Waals surface area contributed by atoms with Gasteiger partial charge in [0.05, 0.1) is 12.6 Å². The van der Waals surface area contributed by atoms with Crippen LogP contribution in [-0.4, -0.2) is 38.1 Å². The molecule has 0 radical (unpaired) electrons. The van der Waals surface area contributed by atoms with E-state index in [1.807, 2.05) is 20.1 Å². The molecule has 0 aromatic heterocycles. The van der Waals surface area contributed by atoms with Gasteiger partial charge in [-0.2, -0.15) is 0 Å². The minimum atomic E-state index is 0.724. The van der Waals surface area contributed by atoms with Crippen LogP contribution in [0.15, 0.2) is 18.2 Å². The average Bonchev–Trinajstić information content (AvgIpc) is 2.02. The molecule has 0 rings (SSSR count). The van der Waals surface area contributed by atoms with Crippen LogP contribution in [0.3, 0.4) is 0 Å². The van der Waals surface area contributed by atoms with Gasteiger partial charge in [-0.15, -0.1) is 13.2 Å². The van der Waals surface area contributed by atoms with Gasteiger partial charge in [0.2, 0.25) is 0 Å². The molecule has 0 unspecified atom stereocenters. The van der Waals surface area contributed by atoms with Gasteiger partial charge in [0.25, 0.3) is 0 Å². The molecule has 1 N–H and O–H groups in total. The van der Waals surface area contributed by atoms with E-state index in [0.717, 1.165) is 19.5 Å². The fourth-order valence-electron chi connectivity index (χ4n) is 0.522. The molecule has 0 amide bonds. The van der Waals surface area contributed by atoms with Crippen LogP contribution in [0.5, 0.6) is 0 Å². The van der Waals surface area contributed by atoms with Gasteiger partial charge >= 0.3 is 0 Å². The fourth-order valence-corrected chi connectivity index (χ4v) is 0.522. The van der Waals surface area contributed by atoms with Gasteiger partial charge in [-0.3, -0.25) is 0 Å². The molecular weight excluding hydrogens is 138 g/mol. The highest BCUT2D eigenvalue weighted by Gasteiger charge is 1.86. The zero-order chi connectivity index (χ0) is 9.11. The lowest BCUT2D eigenvalue weighted by Gasteiger charge is -2.05. The average molecular weight is 155 g/mol. The summed E-state index contributed by atoms with van der Waals surface area (Å²) in [4.78, 5) is 5.73. The molecule has 3 nitrogen and oxygen atoms in total. The first kappa shape index (κ1) is 12.7. The third-order valence-electron chi connectivity index (χ3n) is 0.954. The van der Waals surface area contributed by atoms with Crippen LogP contribution in [0.1, 0.15) is 6.42 Å². The molecule has 0 atom stereocenters. The summed E-state index contributed by atoms with van der Waals surface area (Å²) in [6.07, 6.45) is 1.01. The summed E-state index contributed by atoms with van der Waals surface area (Å²) in [5, 5.41) is 6.46. The van der Waals surface area contributed by atoms with Crippen molar-refractivity contribution in [1.29, 1.82) is 5.41 Å². The molecule has 0 aromatic carbocycles. The largest absolute Gasteiger partial charge is 0.309 e. The van der Waals surface area contributed by atoms with Crippen LogP contribution in [0.4, 0.5) is 0 Å². The Hall–Kier alpha value is -0.920. The maximum atomic E-state index is 6.46. The smallest absolute Gasteiger partial charge is 0.0861 e. The zero-order valence-corrected chi connectivity index (χ0v) is 7.43. The van der Waals surface area contributed by atoms with Crippen molar-refractivity contribution < 1.29 is 0 Å². The van der Waals surface area contributed by atoms with E-state index < -0.39 is 0 Å². The summed E-state index contributed by atoms with van der Waals surface area (Å²) in [5.41, 5.74) is 0. The third kappa shape index (κ3) is 17.6. The van der Waals surface area contributed by atoms with Crippen molar-refractivity contribution >= 4 is 6.01 Å². The molecule has 0 bridgehead atoms. The van der Waals surface area contributed by atoms with Crippen molar-refractivity contribution in [3.63, 3.8) is 0 Å². The Morgan fingerprint density at radius 1 is 1.45 bits per heavy atom. The molecule has 0 aliphatic rings. The molecule has 11 heavy (non-hydrogen) atoms. The summed E-state index contributed by atoms with van der Waals surface area (Å²) < 4.78 is 0. The van der Waals surface area contributed by atoms with Gasteiger partial charge in [0.15, 0.2) is 0 Å². The molecule has 0 saturated heterocycles. The molecule has 0 aromatic rings. The second-order valence-corrected chi connectivity index (χ2v) is 2.15. The van der Waals surface area contributed by atoms with Crippen LogP contribution < -0.4 is 0 Å². The predicted molar refractivity (Wildman–Crippen MR) is 49.4 cm³/mol. The Kier molecular flexibility index (Phi) is 13.7. The maximum absolute atomic E-state index is 6.46. The topological polar surface area (TPSA) is 39.5 Å². The Balaban J connectivity index is 0. The predicted octanol–water partition coefficient (Wildman–Crippen LogP) is 1.49. The summed E-state index contributed by atoms with van der Waals surface area (Å²) in [6, 6.07) is 2.00. The molecule has 0 aliphatic heterocycles. The molecule has 64 valence electrons. The Labute approximate surface area is 69.0 Å². The van der Waals surface area contributed by atoms with Gasteiger partial charge in [-0.25, -0.2) is 10.4 Å². The first-order valence-corrected chi connectivity index (χ1v) is 3.50. The highest BCUT2D eigenvalue weighted by molar-refractivity contribution is 5.35. The van der Waals surface area contributed by atoms with Crippen LogP contribution in [0, 0.1) is 5.41 Å². The molecule has 0 fully saturated rings. The van der Waals surface area contributed by atoms with Crippen molar-refractivity contribution in [2.24, 2.45) is 4.99 Å². The van der Waals surface area contributed by atoms with Gasteiger partial charge in [-0.1, -0.05) is 0 Å². The van der Waals surface area contributed by atoms with E-state index in [0.29, 0.717) is 0 Å². The number of nitrogens with one attached hydrogen (secondary N) is 1. The first-order chi connectivity index (χ1) is 5.27. The number of hydrogen-bond acceptors (Lipinski definition) is 3. The molecular formula is C8H17N3. The van der Waals surface area contributed by atoms with Crippen LogP contribution >= 0.6 is 0 Å². The molecule has 0 heterocycles. The monoisotopic (exact) mass is 155 g/mol.